The fourth-order valence-electron chi connectivity index (χ4n) is 2.86. The van der Waals surface area contributed by atoms with Crippen molar-refractivity contribution in [3.63, 3.8) is 0 Å². The van der Waals surface area contributed by atoms with Gasteiger partial charge in [-0.1, -0.05) is 24.3 Å². The molecule has 0 aliphatic carbocycles. The smallest absolute Gasteiger partial charge is 0.269 e. The van der Waals surface area contributed by atoms with Gasteiger partial charge >= 0.3 is 0 Å². The maximum atomic E-state index is 12.6. The van der Waals surface area contributed by atoms with Crippen LogP contribution in [0, 0.1) is 0 Å². The Hall–Kier alpha value is -3.63. The molecule has 0 spiro atoms. The van der Waals surface area contributed by atoms with Crippen LogP contribution in [0.2, 0.25) is 0 Å². The first-order valence-corrected chi connectivity index (χ1v) is 11.1. The summed E-state index contributed by atoms with van der Waals surface area (Å²) >= 11 is 0. The summed E-state index contributed by atoms with van der Waals surface area (Å²) in [5, 5.41) is 2.78. The van der Waals surface area contributed by atoms with E-state index in [9.17, 15) is 18.0 Å². The standard InChI is InChI=1S/C21H21N5O4S/c1-31(29,30)16-7-5-13(6-8-16)11-25-21(28)15-4-2-3-14(9-15)18-12-24-17(10-22)19(26-18)20(23)27/h2-9,12H,10-11,22H2,1H3,(H2,23,27)(H,25,28). The zero-order chi connectivity index (χ0) is 22.6. The highest BCUT2D eigenvalue weighted by atomic mass is 32.2. The number of primary amides is 1. The highest BCUT2D eigenvalue weighted by Crippen LogP contribution is 2.19. The van der Waals surface area contributed by atoms with E-state index in [1.807, 2.05) is 0 Å². The molecule has 0 saturated carbocycles. The molecule has 0 aliphatic rings. The van der Waals surface area contributed by atoms with Gasteiger partial charge in [-0.3, -0.25) is 14.6 Å². The second-order valence-electron chi connectivity index (χ2n) is 6.80. The third kappa shape index (κ3) is 5.30. The Morgan fingerprint density at radius 1 is 1.10 bits per heavy atom. The monoisotopic (exact) mass is 439 g/mol. The number of nitrogens with one attached hydrogen (secondary N) is 1. The van der Waals surface area contributed by atoms with Crippen molar-refractivity contribution in [1.82, 2.24) is 15.3 Å². The number of sulfone groups is 1. The van der Waals surface area contributed by atoms with Crippen LogP contribution in [0.5, 0.6) is 0 Å². The predicted octanol–water partition coefficient (Wildman–Crippen LogP) is 1.03. The van der Waals surface area contributed by atoms with Crippen molar-refractivity contribution < 1.29 is 18.0 Å². The summed E-state index contributed by atoms with van der Waals surface area (Å²) in [5.41, 5.74) is 13.3. The Kier molecular flexibility index (Phi) is 6.42. The number of nitrogens with two attached hydrogens (primary N) is 2. The minimum absolute atomic E-state index is 0.00704. The van der Waals surface area contributed by atoms with Gasteiger partial charge in [0.25, 0.3) is 11.8 Å². The molecular formula is C21H21N5O4S. The highest BCUT2D eigenvalue weighted by molar-refractivity contribution is 7.90. The molecule has 0 fully saturated rings. The van der Waals surface area contributed by atoms with E-state index in [1.165, 1.54) is 18.3 Å². The number of aromatic nitrogens is 2. The number of rotatable bonds is 7. The van der Waals surface area contributed by atoms with Crippen molar-refractivity contribution in [2.45, 2.75) is 18.0 Å². The number of carbonyl (C=O) groups is 2. The number of amides is 2. The van der Waals surface area contributed by atoms with E-state index in [0.29, 0.717) is 22.5 Å². The van der Waals surface area contributed by atoms with Crippen LogP contribution < -0.4 is 16.8 Å². The number of carbonyl (C=O) groups excluding carboxylic acids is 2. The molecule has 0 saturated heterocycles. The number of hydrogen-bond donors (Lipinski definition) is 3. The van der Waals surface area contributed by atoms with Crippen molar-refractivity contribution >= 4 is 21.7 Å². The molecule has 1 heterocycles. The summed E-state index contributed by atoms with van der Waals surface area (Å²) in [4.78, 5) is 32.8. The molecule has 0 unspecified atom stereocenters. The molecule has 5 N–H and O–H groups in total. The lowest BCUT2D eigenvalue weighted by Gasteiger charge is -2.09. The average Bonchev–Trinajstić information content (AvgIpc) is 2.76. The van der Waals surface area contributed by atoms with Gasteiger partial charge in [0.05, 0.1) is 22.5 Å². The normalized spacial score (nSPS) is 11.2. The van der Waals surface area contributed by atoms with Gasteiger partial charge in [-0.05, 0) is 29.8 Å². The first-order chi connectivity index (χ1) is 14.7. The first kappa shape index (κ1) is 22.1. The van der Waals surface area contributed by atoms with Crippen LogP contribution in [0.15, 0.2) is 59.6 Å². The largest absolute Gasteiger partial charge is 0.364 e. The van der Waals surface area contributed by atoms with Gasteiger partial charge in [-0.25, -0.2) is 13.4 Å². The van der Waals surface area contributed by atoms with Crippen LogP contribution in [0.1, 0.15) is 32.1 Å². The summed E-state index contributed by atoms with van der Waals surface area (Å²) in [6.45, 7) is 0.253. The van der Waals surface area contributed by atoms with Gasteiger partial charge in [-0.2, -0.15) is 0 Å². The van der Waals surface area contributed by atoms with E-state index in [0.717, 1.165) is 11.8 Å². The molecule has 0 aliphatic heterocycles. The minimum atomic E-state index is -3.27. The summed E-state index contributed by atoms with van der Waals surface area (Å²) in [6.07, 6.45) is 2.60. The maximum Gasteiger partial charge on any atom is 0.269 e. The first-order valence-electron chi connectivity index (χ1n) is 9.22. The lowest BCUT2D eigenvalue weighted by Crippen LogP contribution is -2.22. The SMILES string of the molecule is CS(=O)(=O)c1ccc(CNC(=O)c2cccc(-c3cnc(CN)c(C(N)=O)n3)c2)cc1. The lowest BCUT2D eigenvalue weighted by molar-refractivity contribution is 0.0949. The molecule has 1 aromatic heterocycles. The second kappa shape index (κ2) is 9.02. The third-order valence-corrected chi connectivity index (χ3v) is 5.63. The second-order valence-corrected chi connectivity index (χ2v) is 8.81. The van der Waals surface area contributed by atoms with Gasteiger partial charge in [0.1, 0.15) is 0 Å². The molecule has 0 atom stereocenters. The van der Waals surface area contributed by atoms with Crippen LogP contribution in [0.3, 0.4) is 0 Å². The topological polar surface area (TPSA) is 158 Å². The van der Waals surface area contributed by atoms with Crippen molar-refractivity contribution in [3.05, 3.63) is 77.2 Å². The molecule has 160 valence electrons. The van der Waals surface area contributed by atoms with Gasteiger partial charge in [0.2, 0.25) is 0 Å². The number of nitrogens with zero attached hydrogens (tertiary/aromatic N) is 2. The Bertz CT molecular complexity index is 1240. The molecule has 2 amide bonds. The summed E-state index contributed by atoms with van der Waals surface area (Å²) < 4.78 is 23.1. The lowest BCUT2D eigenvalue weighted by atomic mass is 10.1. The zero-order valence-electron chi connectivity index (χ0n) is 16.7. The number of benzene rings is 2. The molecule has 10 heteroatoms. The predicted molar refractivity (Wildman–Crippen MR) is 115 cm³/mol. The van der Waals surface area contributed by atoms with E-state index >= 15 is 0 Å². The van der Waals surface area contributed by atoms with E-state index in [-0.39, 0.29) is 29.6 Å². The Morgan fingerprint density at radius 3 is 2.42 bits per heavy atom. The van der Waals surface area contributed by atoms with Crippen LogP contribution in [-0.2, 0) is 22.9 Å². The summed E-state index contributed by atoms with van der Waals surface area (Å²) in [5.74, 6) is -1.05. The van der Waals surface area contributed by atoms with Gasteiger partial charge < -0.3 is 16.8 Å². The Morgan fingerprint density at radius 2 is 1.81 bits per heavy atom. The maximum absolute atomic E-state index is 12.6. The molecule has 2 aromatic carbocycles. The summed E-state index contributed by atoms with van der Waals surface area (Å²) in [6, 6.07) is 13.0. The Labute approximate surface area is 179 Å². The molecule has 0 bridgehead atoms. The molecule has 3 aromatic rings. The van der Waals surface area contributed by atoms with E-state index in [1.54, 1.807) is 36.4 Å². The van der Waals surface area contributed by atoms with Gasteiger partial charge in [0, 0.05) is 30.5 Å². The third-order valence-electron chi connectivity index (χ3n) is 4.50. The fraction of sp³-hybridized carbons (Fsp3) is 0.143. The van der Waals surface area contributed by atoms with Crippen molar-refractivity contribution in [2.75, 3.05) is 6.26 Å². The van der Waals surface area contributed by atoms with Crippen molar-refractivity contribution in [2.24, 2.45) is 11.5 Å². The molecule has 9 nitrogen and oxygen atoms in total. The van der Waals surface area contributed by atoms with Crippen LogP contribution in [0.25, 0.3) is 11.3 Å². The van der Waals surface area contributed by atoms with E-state index in [4.69, 9.17) is 11.5 Å². The van der Waals surface area contributed by atoms with Crippen molar-refractivity contribution in [1.29, 1.82) is 0 Å². The van der Waals surface area contributed by atoms with E-state index < -0.39 is 15.7 Å². The zero-order valence-corrected chi connectivity index (χ0v) is 17.5. The van der Waals surface area contributed by atoms with Gasteiger partial charge in [-0.15, -0.1) is 0 Å². The Balaban J connectivity index is 1.76. The average molecular weight is 439 g/mol. The molecule has 31 heavy (non-hydrogen) atoms. The fourth-order valence-corrected chi connectivity index (χ4v) is 3.49. The molecule has 3 rings (SSSR count). The van der Waals surface area contributed by atoms with Crippen molar-refractivity contribution in [3.8, 4) is 11.3 Å². The summed E-state index contributed by atoms with van der Waals surface area (Å²) in [7, 11) is -3.27. The minimum Gasteiger partial charge on any atom is -0.364 e. The van der Waals surface area contributed by atoms with Gasteiger partial charge in [0.15, 0.2) is 15.5 Å². The van der Waals surface area contributed by atoms with E-state index in [2.05, 4.69) is 15.3 Å². The van der Waals surface area contributed by atoms with Crippen LogP contribution >= 0.6 is 0 Å². The molecule has 0 radical (unpaired) electrons. The molecular weight excluding hydrogens is 418 g/mol. The highest BCUT2D eigenvalue weighted by Gasteiger charge is 2.14. The number of hydrogen-bond acceptors (Lipinski definition) is 7. The van der Waals surface area contributed by atoms with Crippen LogP contribution in [0.4, 0.5) is 0 Å². The quantitative estimate of drug-likeness (QED) is 0.496. The van der Waals surface area contributed by atoms with Crippen LogP contribution in [-0.4, -0.2) is 36.5 Å².